The van der Waals surface area contributed by atoms with Crippen molar-refractivity contribution >= 4 is 5.91 Å². The van der Waals surface area contributed by atoms with Crippen molar-refractivity contribution in [3.63, 3.8) is 0 Å². The summed E-state index contributed by atoms with van der Waals surface area (Å²) < 4.78 is 7.20. The van der Waals surface area contributed by atoms with Gasteiger partial charge in [0, 0.05) is 0 Å². The number of tetrazole rings is 1. The Morgan fingerprint density at radius 3 is 2.60 bits per heavy atom. The van der Waals surface area contributed by atoms with Gasteiger partial charge in [0.15, 0.2) is 11.9 Å². The van der Waals surface area contributed by atoms with Crippen molar-refractivity contribution in [2.24, 2.45) is 0 Å². The maximum atomic E-state index is 12.2. The molecule has 0 aliphatic rings. The van der Waals surface area contributed by atoms with Crippen molar-refractivity contribution in [2.75, 3.05) is 0 Å². The van der Waals surface area contributed by atoms with E-state index in [0.29, 0.717) is 11.6 Å². The standard InChI is InChI=1S/C18H19N5O2/c1-13-8-10-15(11-9-13)23-17(20-21-22-23)12-19-18(24)14(2)25-16-6-4-3-5-7-16/h3-11,14H,12H2,1-2H3,(H,19,24). The minimum atomic E-state index is -0.619. The Hall–Kier alpha value is -3.22. The van der Waals surface area contributed by atoms with E-state index in [1.807, 2.05) is 61.5 Å². The van der Waals surface area contributed by atoms with Gasteiger partial charge in [-0.1, -0.05) is 35.9 Å². The SMILES string of the molecule is Cc1ccc(-n2nnnc2CNC(=O)C(C)Oc2ccccc2)cc1. The average Bonchev–Trinajstić information content (AvgIpc) is 3.09. The van der Waals surface area contributed by atoms with Crippen LogP contribution in [0.1, 0.15) is 18.3 Å². The van der Waals surface area contributed by atoms with E-state index < -0.39 is 6.10 Å². The van der Waals surface area contributed by atoms with Gasteiger partial charge in [0.2, 0.25) is 0 Å². The number of hydrogen-bond donors (Lipinski definition) is 1. The van der Waals surface area contributed by atoms with E-state index in [4.69, 9.17) is 4.74 Å². The summed E-state index contributed by atoms with van der Waals surface area (Å²) in [5.74, 6) is 0.959. The number of para-hydroxylation sites is 1. The fraction of sp³-hybridized carbons (Fsp3) is 0.222. The number of ether oxygens (including phenoxy) is 1. The third-order valence-corrected chi connectivity index (χ3v) is 3.66. The summed E-state index contributed by atoms with van der Waals surface area (Å²) in [4.78, 5) is 12.2. The van der Waals surface area contributed by atoms with Crippen LogP contribution < -0.4 is 10.1 Å². The molecule has 0 aliphatic carbocycles. The second-order valence-corrected chi connectivity index (χ2v) is 5.63. The molecule has 0 fully saturated rings. The molecule has 0 saturated heterocycles. The first-order chi connectivity index (χ1) is 12.1. The third-order valence-electron chi connectivity index (χ3n) is 3.66. The van der Waals surface area contributed by atoms with Gasteiger partial charge in [-0.05, 0) is 48.5 Å². The van der Waals surface area contributed by atoms with Crippen LogP contribution in [0, 0.1) is 6.92 Å². The Balaban J connectivity index is 1.61. The predicted molar refractivity (Wildman–Crippen MR) is 92.3 cm³/mol. The number of carbonyl (C=O) groups excluding carboxylic acids is 1. The van der Waals surface area contributed by atoms with Crippen LogP contribution in [0.2, 0.25) is 0 Å². The first kappa shape index (κ1) is 16.6. The summed E-state index contributed by atoms with van der Waals surface area (Å²) in [6.07, 6.45) is -0.619. The molecular formula is C18H19N5O2. The predicted octanol–water partition coefficient (Wildman–Crippen LogP) is 2.05. The molecule has 0 spiro atoms. The molecule has 2 aromatic carbocycles. The molecule has 1 amide bonds. The molecule has 0 aliphatic heterocycles. The van der Waals surface area contributed by atoms with E-state index in [1.54, 1.807) is 11.6 Å². The molecule has 0 saturated carbocycles. The van der Waals surface area contributed by atoms with Crippen LogP contribution in [0.15, 0.2) is 54.6 Å². The van der Waals surface area contributed by atoms with E-state index in [2.05, 4.69) is 20.8 Å². The van der Waals surface area contributed by atoms with E-state index in [0.717, 1.165) is 11.3 Å². The van der Waals surface area contributed by atoms with Crippen molar-refractivity contribution in [3.8, 4) is 11.4 Å². The molecule has 3 aromatic rings. The second-order valence-electron chi connectivity index (χ2n) is 5.63. The summed E-state index contributed by atoms with van der Waals surface area (Å²) in [6.45, 7) is 3.92. The number of amides is 1. The topological polar surface area (TPSA) is 81.9 Å². The van der Waals surface area contributed by atoms with Gasteiger partial charge < -0.3 is 10.1 Å². The highest BCUT2D eigenvalue weighted by Crippen LogP contribution is 2.11. The van der Waals surface area contributed by atoms with Gasteiger partial charge in [0.1, 0.15) is 5.75 Å². The molecule has 1 N–H and O–H groups in total. The first-order valence-electron chi connectivity index (χ1n) is 7.97. The Bertz CT molecular complexity index is 830. The van der Waals surface area contributed by atoms with Gasteiger partial charge in [-0.2, -0.15) is 4.68 Å². The van der Waals surface area contributed by atoms with Crippen LogP contribution in [-0.2, 0) is 11.3 Å². The fourth-order valence-electron chi connectivity index (χ4n) is 2.27. The van der Waals surface area contributed by atoms with E-state index in [-0.39, 0.29) is 12.5 Å². The largest absolute Gasteiger partial charge is 0.481 e. The lowest BCUT2D eigenvalue weighted by Gasteiger charge is -2.14. The molecule has 1 unspecified atom stereocenters. The van der Waals surface area contributed by atoms with Crippen molar-refractivity contribution < 1.29 is 9.53 Å². The maximum Gasteiger partial charge on any atom is 0.261 e. The van der Waals surface area contributed by atoms with Gasteiger partial charge in [0.25, 0.3) is 5.91 Å². The van der Waals surface area contributed by atoms with Gasteiger partial charge in [-0.25, -0.2) is 0 Å². The van der Waals surface area contributed by atoms with Crippen LogP contribution in [0.25, 0.3) is 5.69 Å². The fourth-order valence-corrected chi connectivity index (χ4v) is 2.27. The Kier molecular flexibility index (Phi) is 5.03. The molecule has 1 aromatic heterocycles. The summed E-state index contributed by atoms with van der Waals surface area (Å²) in [6, 6.07) is 17.0. The molecule has 1 heterocycles. The molecule has 0 bridgehead atoms. The summed E-state index contributed by atoms with van der Waals surface area (Å²) in [5, 5.41) is 14.4. The van der Waals surface area contributed by atoms with Crippen molar-refractivity contribution in [1.29, 1.82) is 0 Å². The number of aromatic nitrogens is 4. The van der Waals surface area contributed by atoms with Crippen LogP contribution in [0.4, 0.5) is 0 Å². The van der Waals surface area contributed by atoms with Gasteiger partial charge in [0.05, 0.1) is 12.2 Å². The first-order valence-corrected chi connectivity index (χ1v) is 7.97. The lowest BCUT2D eigenvalue weighted by atomic mass is 10.2. The van der Waals surface area contributed by atoms with Gasteiger partial charge >= 0.3 is 0 Å². The van der Waals surface area contributed by atoms with E-state index in [1.165, 1.54) is 0 Å². The van der Waals surface area contributed by atoms with Crippen molar-refractivity contribution in [2.45, 2.75) is 26.5 Å². The number of nitrogens with one attached hydrogen (secondary N) is 1. The smallest absolute Gasteiger partial charge is 0.261 e. The summed E-state index contributed by atoms with van der Waals surface area (Å²) in [5.41, 5.74) is 1.99. The molecular weight excluding hydrogens is 318 g/mol. The molecule has 7 nitrogen and oxygen atoms in total. The number of hydrogen-bond acceptors (Lipinski definition) is 5. The van der Waals surface area contributed by atoms with Crippen LogP contribution in [-0.4, -0.2) is 32.2 Å². The van der Waals surface area contributed by atoms with Crippen LogP contribution in [0.3, 0.4) is 0 Å². The zero-order valence-corrected chi connectivity index (χ0v) is 14.1. The van der Waals surface area contributed by atoms with Gasteiger partial charge in [-0.3, -0.25) is 4.79 Å². The van der Waals surface area contributed by atoms with E-state index in [9.17, 15) is 4.79 Å². The lowest BCUT2D eigenvalue weighted by molar-refractivity contribution is -0.127. The zero-order valence-electron chi connectivity index (χ0n) is 14.1. The van der Waals surface area contributed by atoms with Crippen LogP contribution >= 0.6 is 0 Å². The molecule has 128 valence electrons. The minimum absolute atomic E-state index is 0.211. The Labute approximate surface area is 145 Å². The molecule has 25 heavy (non-hydrogen) atoms. The van der Waals surface area contributed by atoms with E-state index >= 15 is 0 Å². The highest BCUT2D eigenvalue weighted by Gasteiger charge is 2.16. The monoisotopic (exact) mass is 337 g/mol. The Morgan fingerprint density at radius 2 is 1.88 bits per heavy atom. The summed E-state index contributed by atoms with van der Waals surface area (Å²) in [7, 11) is 0. The molecule has 7 heteroatoms. The van der Waals surface area contributed by atoms with Crippen LogP contribution in [0.5, 0.6) is 5.75 Å². The average molecular weight is 337 g/mol. The Morgan fingerprint density at radius 1 is 1.16 bits per heavy atom. The highest BCUT2D eigenvalue weighted by molar-refractivity contribution is 5.80. The van der Waals surface area contributed by atoms with Crippen molar-refractivity contribution in [1.82, 2.24) is 25.5 Å². The number of carbonyl (C=O) groups is 1. The lowest BCUT2D eigenvalue weighted by Crippen LogP contribution is -2.36. The zero-order chi connectivity index (χ0) is 17.6. The van der Waals surface area contributed by atoms with Crippen molar-refractivity contribution in [3.05, 3.63) is 66.0 Å². The number of rotatable bonds is 6. The number of benzene rings is 2. The number of nitrogens with zero attached hydrogens (tertiary/aromatic N) is 4. The normalized spacial score (nSPS) is 11.8. The highest BCUT2D eigenvalue weighted by atomic mass is 16.5. The number of aryl methyl sites for hydroxylation is 1. The second kappa shape index (κ2) is 7.57. The minimum Gasteiger partial charge on any atom is -0.481 e. The molecule has 1 atom stereocenters. The van der Waals surface area contributed by atoms with Gasteiger partial charge in [-0.15, -0.1) is 5.10 Å². The summed E-state index contributed by atoms with van der Waals surface area (Å²) >= 11 is 0. The molecule has 3 rings (SSSR count). The maximum absolute atomic E-state index is 12.2. The quantitative estimate of drug-likeness (QED) is 0.744. The third kappa shape index (κ3) is 4.20. The molecule has 0 radical (unpaired) electrons.